The molecule has 1 heterocycles. The van der Waals surface area contributed by atoms with Gasteiger partial charge in [0.05, 0.1) is 14.2 Å². The van der Waals surface area contributed by atoms with Crippen molar-refractivity contribution in [3.05, 3.63) is 78.1 Å². The van der Waals surface area contributed by atoms with Crippen molar-refractivity contribution in [1.82, 2.24) is 4.98 Å². The molecule has 2 aromatic carbocycles. The maximum Gasteiger partial charge on any atom is 0.161 e. The van der Waals surface area contributed by atoms with Crippen LogP contribution in [-0.2, 0) is 4.74 Å². The second kappa shape index (κ2) is 8.50. The number of aromatic nitrogens is 1. The molecule has 0 fully saturated rings. The minimum Gasteiger partial charge on any atom is -0.493 e. The number of rotatable bonds is 7. The molecule has 0 aliphatic carbocycles. The lowest BCUT2D eigenvalue weighted by Gasteiger charge is -2.18. The first-order chi connectivity index (χ1) is 12.8. The van der Waals surface area contributed by atoms with Gasteiger partial charge in [0.25, 0.3) is 0 Å². The summed E-state index contributed by atoms with van der Waals surface area (Å²) in [4.78, 5) is 4.09. The average molecular weight is 349 g/mol. The zero-order valence-corrected chi connectivity index (χ0v) is 15.3. The van der Waals surface area contributed by atoms with Crippen molar-refractivity contribution >= 4 is 0 Å². The van der Waals surface area contributed by atoms with E-state index in [0.29, 0.717) is 6.61 Å². The molecule has 0 saturated carbocycles. The van der Waals surface area contributed by atoms with Gasteiger partial charge in [-0.15, -0.1) is 0 Å². The largest absolute Gasteiger partial charge is 0.493 e. The van der Waals surface area contributed by atoms with Crippen LogP contribution in [0.2, 0.25) is 0 Å². The Balaban J connectivity index is 1.90. The van der Waals surface area contributed by atoms with Gasteiger partial charge in [0, 0.05) is 19.0 Å². The smallest absolute Gasteiger partial charge is 0.161 e. The second-order valence-electron chi connectivity index (χ2n) is 5.81. The van der Waals surface area contributed by atoms with Crippen molar-refractivity contribution in [1.29, 1.82) is 0 Å². The van der Waals surface area contributed by atoms with Crippen molar-refractivity contribution in [2.75, 3.05) is 20.8 Å². The molecule has 0 radical (unpaired) electrons. The number of methoxy groups -OCH3 is 2. The van der Waals surface area contributed by atoms with Gasteiger partial charge in [-0.25, -0.2) is 0 Å². The predicted octanol–water partition coefficient (Wildman–Crippen LogP) is 4.89. The maximum absolute atomic E-state index is 5.96. The molecular formula is C22H23NO3. The van der Waals surface area contributed by atoms with Crippen molar-refractivity contribution in [2.45, 2.75) is 13.0 Å². The molecule has 0 aliphatic heterocycles. The molecule has 1 atom stereocenters. The molecule has 0 saturated heterocycles. The molecule has 0 N–H and O–H groups in total. The van der Waals surface area contributed by atoms with E-state index in [1.54, 1.807) is 26.6 Å². The predicted molar refractivity (Wildman–Crippen MR) is 103 cm³/mol. The summed E-state index contributed by atoms with van der Waals surface area (Å²) in [6, 6.07) is 18.3. The summed E-state index contributed by atoms with van der Waals surface area (Å²) in [5.41, 5.74) is 4.40. The summed E-state index contributed by atoms with van der Waals surface area (Å²) in [5, 5.41) is 0. The fourth-order valence-electron chi connectivity index (χ4n) is 2.96. The number of hydrogen-bond donors (Lipinski definition) is 0. The summed E-state index contributed by atoms with van der Waals surface area (Å²) >= 11 is 0. The first-order valence-corrected chi connectivity index (χ1v) is 8.60. The van der Waals surface area contributed by atoms with Crippen LogP contribution in [0.25, 0.3) is 11.1 Å². The molecule has 26 heavy (non-hydrogen) atoms. The van der Waals surface area contributed by atoms with Gasteiger partial charge in [-0.3, -0.25) is 4.98 Å². The van der Waals surface area contributed by atoms with Crippen LogP contribution < -0.4 is 9.47 Å². The quantitative estimate of drug-likeness (QED) is 0.609. The molecule has 0 unspecified atom stereocenters. The Bertz CT molecular complexity index is 832. The van der Waals surface area contributed by atoms with Crippen LogP contribution in [0.15, 0.2) is 67.0 Å². The second-order valence-corrected chi connectivity index (χ2v) is 5.81. The van der Waals surface area contributed by atoms with E-state index in [4.69, 9.17) is 14.2 Å². The van der Waals surface area contributed by atoms with Crippen molar-refractivity contribution in [3.63, 3.8) is 0 Å². The monoisotopic (exact) mass is 349 g/mol. The van der Waals surface area contributed by atoms with Crippen LogP contribution in [0, 0.1) is 0 Å². The summed E-state index contributed by atoms with van der Waals surface area (Å²) < 4.78 is 16.7. The Morgan fingerprint density at radius 2 is 1.38 bits per heavy atom. The van der Waals surface area contributed by atoms with Gasteiger partial charge < -0.3 is 14.2 Å². The highest BCUT2D eigenvalue weighted by Crippen LogP contribution is 2.33. The Hall–Kier alpha value is -2.85. The van der Waals surface area contributed by atoms with Gasteiger partial charge in [0.1, 0.15) is 6.10 Å². The Morgan fingerprint density at radius 1 is 0.769 bits per heavy atom. The van der Waals surface area contributed by atoms with Gasteiger partial charge in [0.15, 0.2) is 11.5 Å². The van der Waals surface area contributed by atoms with Crippen molar-refractivity contribution in [2.24, 2.45) is 0 Å². The van der Waals surface area contributed by atoms with Crippen LogP contribution in [0.3, 0.4) is 0 Å². The molecule has 3 aromatic rings. The highest BCUT2D eigenvalue weighted by atomic mass is 16.5. The topological polar surface area (TPSA) is 40.6 Å². The van der Waals surface area contributed by atoms with E-state index in [1.165, 1.54) is 0 Å². The fraction of sp³-hybridized carbons (Fsp3) is 0.227. The molecule has 4 heteroatoms. The summed E-state index contributed by atoms with van der Waals surface area (Å²) in [6.07, 6.45) is 3.49. The molecule has 1 aromatic heterocycles. The van der Waals surface area contributed by atoms with Crippen molar-refractivity contribution < 1.29 is 14.2 Å². The highest BCUT2D eigenvalue weighted by molar-refractivity contribution is 5.67. The molecule has 0 aliphatic rings. The van der Waals surface area contributed by atoms with Gasteiger partial charge in [0.2, 0.25) is 0 Å². The van der Waals surface area contributed by atoms with E-state index in [9.17, 15) is 0 Å². The summed E-state index contributed by atoms with van der Waals surface area (Å²) in [6.45, 7) is 2.65. The lowest BCUT2D eigenvalue weighted by molar-refractivity contribution is 0.0913. The van der Waals surface area contributed by atoms with Gasteiger partial charge in [-0.2, -0.15) is 0 Å². The summed E-state index contributed by atoms with van der Waals surface area (Å²) in [7, 11) is 3.28. The van der Waals surface area contributed by atoms with Gasteiger partial charge in [-0.05, 0) is 53.4 Å². The van der Waals surface area contributed by atoms with E-state index < -0.39 is 0 Å². The lowest BCUT2D eigenvalue weighted by Crippen LogP contribution is -2.06. The van der Waals surface area contributed by atoms with E-state index in [-0.39, 0.29) is 6.10 Å². The first kappa shape index (κ1) is 18.0. The van der Waals surface area contributed by atoms with Crippen molar-refractivity contribution in [3.8, 4) is 22.6 Å². The molecular weight excluding hydrogens is 326 g/mol. The van der Waals surface area contributed by atoms with Crippen LogP contribution in [0.1, 0.15) is 24.2 Å². The molecule has 3 rings (SSSR count). The molecule has 134 valence electrons. The average Bonchev–Trinajstić information content (AvgIpc) is 2.72. The number of nitrogens with zero attached hydrogens (tertiary/aromatic N) is 1. The lowest BCUT2D eigenvalue weighted by atomic mass is 9.98. The third-order valence-electron chi connectivity index (χ3n) is 4.27. The Morgan fingerprint density at radius 3 is 2.00 bits per heavy atom. The van der Waals surface area contributed by atoms with Crippen LogP contribution in [0.4, 0.5) is 0 Å². The number of pyridine rings is 1. The molecule has 0 spiro atoms. The Kier molecular flexibility index (Phi) is 5.87. The zero-order valence-electron chi connectivity index (χ0n) is 15.3. The Labute approximate surface area is 154 Å². The standard InChI is InChI=1S/C22H23NO3/c1-4-26-22(18-11-13-23-14-12-18)17-7-5-16(6-8-17)19-9-10-20(24-2)21(15-19)25-3/h5-15,22H,4H2,1-3H3/t22-/m1/s1. The van der Waals surface area contributed by atoms with Gasteiger partial charge in [-0.1, -0.05) is 30.3 Å². The van der Waals surface area contributed by atoms with E-state index >= 15 is 0 Å². The third-order valence-corrected chi connectivity index (χ3v) is 4.27. The summed E-state index contributed by atoms with van der Waals surface area (Å²) in [5.74, 6) is 1.44. The molecule has 0 amide bonds. The molecule has 0 bridgehead atoms. The van der Waals surface area contributed by atoms with Crippen LogP contribution in [-0.4, -0.2) is 25.8 Å². The minimum atomic E-state index is -0.0950. The zero-order chi connectivity index (χ0) is 18.4. The van der Waals surface area contributed by atoms with E-state index in [2.05, 4.69) is 29.2 Å². The maximum atomic E-state index is 5.96. The van der Waals surface area contributed by atoms with E-state index in [0.717, 1.165) is 33.8 Å². The number of benzene rings is 2. The third kappa shape index (κ3) is 3.86. The molecule has 4 nitrogen and oxygen atoms in total. The normalized spacial score (nSPS) is 11.8. The SMILES string of the molecule is CCO[C@@H](c1ccncc1)c1ccc(-c2ccc(OC)c(OC)c2)cc1. The van der Waals surface area contributed by atoms with Gasteiger partial charge >= 0.3 is 0 Å². The van der Waals surface area contributed by atoms with Crippen LogP contribution >= 0.6 is 0 Å². The highest BCUT2D eigenvalue weighted by Gasteiger charge is 2.14. The minimum absolute atomic E-state index is 0.0950. The number of ether oxygens (including phenoxy) is 3. The van der Waals surface area contributed by atoms with Crippen LogP contribution in [0.5, 0.6) is 11.5 Å². The fourth-order valence-corrected chi connectivity index (χ4v) is 2.96. The first-order valence-electron chi connectivity index (χ1n) is 8.60. The van der Waals surface area contributed by atoms with E-state index in [1.807, 2.05) is 37.3 Å². The number of hydrogen-bond acceptors (Lipinski definition) is 4.